The summed E-state index contributed by atoms with van der Waals surface area (Å²) in [6.07, 6.45) is 3.46. The Balaban J connectivity index is 2.01. The molecule has 0 spiro atoms. The molecule has 0 aliphatic heterocycles. The minimum Gasteiger partial charge on any atom is -0.348 e. The number of hydrogen-bond acceptors (Lipinski definition) is 2. The summed E-state index contributed by atoms with van der Waals surface area (Å²) in [5.41, 5.74) is 1.70. The SMILES string of the molecule is O=C(NCc1cccnc1)c1ccccc1I. The van der Waals surface area contributed by atoms with Crippen LogP contribution in [0.5, 0.6) is 0 Å². The number of amides is 1. The van der Waals surface area contributed by atoms with Gasteiger partial charge in [0.15, 0.2) is 0 Å². The maximum absolute atomic E-state index is 11.9. The Morgan fingerprint density at radius 2 is 2.06 bits per heavy atom. The van der Waals surface area contributed by atoms with Crippen LogP contribution < -0.4 is 5.32 Å². The number of nitrogens with zero attached hydrogens (tertiary/aromatic N) is 1. The van der Waals surface area contributed by atoms with Gasteiger partial charge in [0.2, 0.25) is 0 Å². The van der Waals surface area contributed by atoms with Gasteiger partial charge in [-0.05, 0) is 46.4 Å². The molecule has 0 bridgehead atoms. The summed E-state index contributed by atoms with van der Waals surface area (Å²) in [4.78, 5) is 15.9. The zero-order valence-electron chi connectivity index (χ0n) is 9.06. The minimum atomic E-state index is -0.0566. The molecule has 1 amide bonds. The van der Waals surface area contributed by atoms with E-state index >= 15 is 0 Å². The first kappa shape index (κ1) is 12.0. The third kappa shape index (κ3) is 3.26. The molecule has 0 radical (unpaired) electrons. The Morgan fingerprint density at radius 3 is 2.76 bits per heavy atom. The molecule has 2 aromatic rings. The van der Waals surface area contributed by atoms with Crippen molar-refractivity contribution < 1.29 is 4.79 Å². The van der Waals surface area contributed by atoms with E-state index in [1.807, 2.05) is 36.4 Å². The van der Waals surface area contributed by atoms with Gasteiger partial charge >= 0.3 is 0 Å². The second kappa shape index (κ2) is 5.77. The largest absolute Gasteiger partial charge is 0.348 e. The van der Waals surface area contributed by atoms with E-state index in [1.54, 1.807) is 12.4 Å². The molecule has 1 aromatic carbocycles. The van der Waals surface area contributed by atoms with E-state index in [0.717, 1.165) is 9.13 Å². The van der Waals surface area contributed by atoms with Crippen molar-refractivity contribution in [1.29, 1.82) is 0 Å². The molecular formula is C13H11IN2O. The van der Waals surface area contributed by atoms with Crippen LogP contribution in [-0.4, -0.2) is 10.9 Å². The van der Waals surface area contributed by atoms with Gasteiger partial charge in [0.05, 0.1) is 5.56 Å². The highest BCUT2D eigenvalue weighted by atomic mass is 127. The van der Waals surface area contributed by atoms with Gasteiger partial charge in [0.1, 0.15) is 0 Å². The number of hydrogen-bond donors (Lipinski definition) is 1. The minimum absolute atomic E-state index is 0.0566. The molecule has 86 valence electrons. The molecule has 0 fully saturated rings. The lowest BCUT2D eigenvalue weighted by Gasteiger charge is -2.06. The van der Waals surface area contributed by atoms with Crippen LogP contribution in [0.3, 0.4) is 0 Å². The topological polar surface area (TPSA) is 42.0 Å². The molecule has 2 rings (SSSR count). The van der Waals surface area contributed by atoms with Crippen molar-refractivity contribution in [3.8, 4) is 0 Å². The van der Waals surface area contributed by atoms with Crippen molar-refractivity contribution in [3.05, 3.63) is 63.5 Å². The van der Waals surface area contributed by atoms with Crippen LogP contribution in [-0.2, 0) is 6.54 Å². The van der Waals surface area contributed by atoms with Crippen molar-refractivity contribution in [2.45, 2.75) is 6.54 Å². The van der Waals surface area contributed by atoms with Gasteiger partial charge in [0, 0.05) is 22.5 Å². The van der Waals surface area contributed by atoms with Crippen LogP contribution in [0, 0.1) is 3.57 Å². The van der Waals surface area contributed by atoms with Gasteiger partial charge in [-0.15, -0.1) is 0 Å². The lowest BCUT2D eigenvalue weighted by molar-refractivity contribution is 0.0950. The van der Waals surface area contributed by atoms with E-state index < -0.39 is 0 Å². The summed E-state index contributed by atoms with van der Waals surface area (Å²) in [6.45, 7) is 0.498. The number of aromatic nitrogens is 1. The molecule has 0 aliphatic carbocycles. The molecule has 4 heteroatoms. The van der Waals surface area contributed by atoms with Crippen molar-refractivity contribution in [2.24, 2.45) is 0 Å². The molecule has 0 saturated heterocycles. The predicted molar refractivity (Wildman–Crippen MR) is 74.6 cm³/mol. The fourth-order valence-corrected chi connectivity index (χ4v) is 2.06. The normalized spacial score (nSPS) is 9.94. The predicted octanol–water partition coefficient (Wildman–Crippen LogP) is 2.62. The van der Waals surface area contributed by atoms with E-state index in [0.29, 0.717) is 12.1 Å². The van der Waals surface area contributed by atoms with E-state index in [1.165, 1.54) is 0 Å². The molecule has 3 nitrogen and oxygen atoms in total. The second-order valence-electron chi connectivity index (χ2n) is 3.52. The third-order valence-corrected chi connectivity index (χ3v) is 3.24. The number of pyridine rings is 1. The van der Waals surface area contributed by atoms with Crippen LogP contribution in [0.4, 0.5) is 0 Å². The lowest BCUT2D eigenvalue weighted by Crippen LogP contribution is -2.23. The van der Waals surface area contributed by atoms with E-state index in [-0.39, 0.29) is 5.91 Å². The number of carbonyl (C=O) groups is 1. The van der Waals surface area contributed by atoms with E-state index in [9.17, 15) is 4.79 Å². The van der Waals surface area contributed by atoms with Gasteiger partial charge in [-0.2, -0.15) is 0 Å². The Kier molecular flexibility index (Phi) is 4.08. The fourth-order valence-electron chi connectivity index (χ4n) is 1.43. The maximum atomic E-state index is 11.9. The average molecular weight is 338 g/mol. The van der Waals surface area contributed by atoms with Gasteiger partial charge in [-0.1, -0.05) is 18.2 Å². The molecule has 0 atom stereocenters. The monoisotopic (exact) mass is 338 g/mol. The summed E-state index contributed by atoms with van der Waals surface area (Å²) >= 11 is 2.16. The molecule has 1 aromatic heterocycles. The zero-order valence-corrected chi connectivity index (χ0v) is 11.2. The first-order valence-corrected chi connectivity index (χ1v) is 6.27. The van der Waals surface area contributed by atoms with Crippen molar-refractivity contribution in [1.82, 2.24) is 10.3 Å². The molecule has 17 heavy (non-hydrogen) atoms. The summed E-state index contributed by atoms with van der Waals surface area (Å²) in [6, 6.07) is 11.3. The Hall–Kier alpha value is -1.43. The lowest BCUT2D eigenvalue weighted by atomic mass is 10.2. The van der Waals surface area contributed by atoms with Crippen molar-refractivity contribution in [3.63, 3.8) is 0 Å². The summed E-state index contributed by atoms with van der Waals surface area (Å²) in [5, 5.41) is 2.87. The van der Waals surface area contributed by atoms with Crippen LogP contribution >= 0.6 is 22.6 Å². The number of nitrogens with one attached hydrogen (secondary N) is 1. The van der Waals surface area contributed by atoms with Gasteiger partial charge in [0.25, 0.3) is 5.91 Å². The van der Waals surface area contributed by atoms with Gasteiger partial charge in [-0.3, -0.25) is 9.78 Å². The maximum Gasteiger partial charge on any atom is 0.252 e. The van der Waals surface area contributed by atoms with Crippen LogP contribution in [0.1, 0.15) is 15.9 Å². The number of halogens is 1. The van der Waals surface area contributed by atoms with E-state index in [4.69, 9.17) is 0 Å². The van der Waals surface area contributed by atoms with Crippen LogP contribution in [0.25, 0.3) is 0 Å². The highest BCUT2D eigenvalue weighted by Crippen LogP contribution is 2.11. The average Bonchev–Trinajstić information content (AvgIpc) is 2.38. The van der Waals surface area contributed by atoms with Gasteiger partial charge < -0.3 is 5.32 Å². The molecule has 0 unspecified atom stereocenters. The summed E-state index contributed by atoms with van der Waals surface area (Å²) in [5.74, 6) is -0.0566. The third-order valence-electron chi connectivity index (χ3n) is 2.29. The first-order chi connectivity index (χ1) is 8.27. The second-order valence-corrected chi connectivity index (χ2v) is 4.69. The summed E-state index contributed by atoms with van der Waals surface area (Å²) < 4.78 is 0.953. The Labute approximate surface area is 113 Å². The fraction of sp³-hybridized carbons (Fsp3) is 0.0769. The smallest absolute Gasteiger partial charge is 0.252 e. The molecular weight excluding hydrogens is 327 g/mol. The molecule has 1 N–H and O–H groups in total. The highest BCUT2D eigenvalue weighted by Gasteiger charge is 2.08. The zero-order chi connectivity index (χ0) is 12.1. The quantitative estimate of drug-likeness (QED) is 0.875. The number of benzene rings is 1. The van der Waals surface area contributed by atoms with Crippen LogP contribution in [0.15, 0.2) is 48.8 Å². The highest BCUT2D eigenvalue weighted by molar-refractivity contribution is 14.1. The Morgan fingerprint density at radius 1 is 1.24 bits per heavy atom. The summed E-state index contributed by atoms with van der Waals surface area (Å²) in [7, 11) is 0. The molecule has 1 heterocycles. The van der Waals surface area contributed by atoms with Gasteiger partial charge in [-0.25, -0.2) is 0 Å². The molecule has 0 saturated carbocycles. The number of rotatable bonds is 3. The van der Waals surface area contributed by atoms with Crippen molar-refractivity contribution in [2.75, 3.05) is 0 Å². The Bertz CT molecular complexity index is 514. The molecule has 0 aliphatic rings. The number of carbonyl (C=O) groups excluding carboxylic acids is 1. The van der Waals surface area contributed by atoms with E-state index in [2.05, 4.69) is 32.9 Å². The first-order valence-electron chi connectivity index (χ1n) is 5.19. The van der Waals surface area contributed by atoms with Crippen molar-refractivity contribution >= 4 is 28.5 Å². The standard InChI is InChI=1S/C13H11IN2O/c14-12-6-2-1-5-11(12)13(17)16-9-10-4-3-7-15-8-10/h1-8H,9H2,(H,16,17). The van der Waals surface area contributed by atoms with Crippen LogP contribution in [0.2, 0.25) is 0 Å².